The second-order valence-corrected chi connectivity index (χ2v) is 7.65. The molecule has 0 heterocycles. The summed E-state index contributed by atoms with van der Waals surface area (Å²) in [5, 5.41) is 25.8. The van der Waals surface area contributed by atoms with E-state index >= 15 is 0 Å². The Hall–Kier alpha value is -2.56. The minimum absolute atomic E-state index is 0.872. The van der Waals surface area contributed by atoms with Crippen LogP contribution in [0.3, 0.4) is 0 Å². The van der Waals surface area contributed by atoms with Crippen molar-refractivity contribution < 1.29 is 43.6 Å². The topological polar surface area (TPSA) is 160 Å². The first-order valence-electron chi connectivity index (χ1n) is 8.01. The molecule has 0 aromatic rings. The third-order valence-electron chi connectivity index (χ3n) is 2.74. The van der Waals surface area contributed by atoms with E-state index in [9.17, 15) is 24.3 Å². The third kappa shape index (κ3) is 9.08. The molecule has 1 radical (unpaired) electrons. The lowest BCUT2D eigenvalue weighted by molar-refractivity contribution is -0.181. The normalized spacial score (nSPS) is 15.0. The second kappa shape index (κ2) is 8.89. The van der Waals surface area contributed by atoms with Crippen molar-refractivity contribution in [1.29, 1.82) is 0 Å². The lowest BCUT2D eigenvalue weighted by Crippen LogP contribution is -2.67. The maximum atomic E-state index is 13.0. The van der Waals surface area contributed by atoms with Gasteiger partial charge in [0.1, 0.15) is 17.2 Å². The summed E-state index contributed by atoms with van der Waals surface area (Å²) in [6.07, 6.45) is -3.43. The molecule has 155 valence electrons. The summed E-state index contributed by atoms with van der Waals surface area (Å²) >= 11 is 0. The first-order chi connectivity index (χ1) is 12.0. The van der Waals surface area contributed by atoms with E-state index in [0.717, 1.165) is 7.11 Å². The van der Waals surface area contributed by atoms with E-state index in [0.29, 0.717) is 0 Å². The number of rotatable bonds is 6. The van der Waals surface area contributed by atoms with Gasteiger partial charge in [-0.3, -0.25) is 10.1 Å². The van der Waals surface area contributed by atoms with Gasteiger partial charge < -0.3 is 24.6 Å². The van der Waals surface area contributed by atoms with Gasteiger partial charge in [-0.25, -0.2) is 14.4 Å². The summed E-state index contributed by atoms with van der Waals surface area (Å²) in [5.41, 5.74) is -5.12. The maximum absolute atomic E-state index is 13.0. The zero-order valence-electron chi connectivity index (χ0n) is 16.5. The molecule has 0 aromatic heterocycles. The van der Waals surface area contributed by atoms with Gasteiger partial charge in [0, 0.05) is 0 Å². The summed E-state index contributed by atoms with van der Waals surface area (Å²) in [4.78, 5) is 47.1. The molecule has 0 saturated carbocycles. The van der Waals surface area contributed by atoms with Crippen LogP contribution in [0.1, 0.15) is 48.0 Å². The maximum Gasteiger partial charge on any atom is 0.410 e. The number of carboxylic acid groups (broad SMARTS) is 1. The number of hydrogen-bond donors (Lipinski definition) is 3. The Labute approximate surface area is 157 Å². The fourth-order valence-corrected chi connectivity index (χ4v) is 1.81. The molecule has 11 heteroatoms. The third-order valence-corrected chi connectivity index (χ3v) is 2.74. The van der Waals surface area contributed by atoms with Gasteiger partial charge >= 0.3 is 24.1 Å². The second-order valence-electron chi connectivity index (χ2n) is 7.65. The number of nitrogens with one attached hydrogen (secondary N) is 2. The van der Waals surface area contributed by atoms with Crippen LogP contribution < -0.4 is 10.6 Å². The van der Waals surface area contributed by atoms with Gasteiger partial charge in [0.05, 0.1) is 13.5 Å². The lowest BCUT2D eigenvalue weighted by atomic mass is 10.0. The molecule has 0 aromatic carbocycles. The number of esters is 1. The fraction of sp³-hybridized carbons (Fsp3) is 0.750. The summed E-state index contributed by atoms with van der Waals surface area (Å²) in [6.45, 7) is 9.19. The van der Waals surface area contributed by atoms with Crippen LogP contribution in [0.5, 0.6) is 0 Å². The molecule has 2 atom stereocenters. The van der Waals surface area contributed by atoms with E-state index in [1.807, 2.05) is 5.32 Å². The zero-order valence-corrected chi connectivity index (χ0v) is 16.5. The van der Waals surface area contributed by atoms with Gasteiger partial charge in [-0.1, -0.05) is 0 Å². The van der Waals surface area contributed by atoms with Crippen LogP contribution in [-0.2, 0) is 28.9 Å². The molecular weight excluding hydrogens is 364 g/mol. The van der Waals surface area contributed by atoms with E-state index < -0.39 is 53.5 Å². The van der Waals surface area contributed by atoms with Crippen molar-refractivity contribution in [3.63, 3.8) is 0 Å². The van der Waals surface area contributed by atoms with E-state index in [2.05, 4.69) is 4.74 Å². The number of carboxylic acids is 1. The molecule has 3 N–H and O–H groups in total. The molecule has 27 heavy (non-hydrogen) atoms. The van der Waals surface area contributed by atoms with Crippen LogP contribution in [0.2, 0.25) is 0 Å². The number of ether oxygens (including phenoxy) is 3. The summed E-state index contributed by atoms with van der Waals surface area (Å²) < 4.78 is 14.3. The van der Waals surface area contributed by atoms with Crippen LogP contribution in [0.4, 0.5) is 9.59 Å². The lowest BCUT2D eigenvalue weighted by Gasteiger charge is -2.33. The fourth-order valence-electron chi connectivity index (χ4n) is 1.81. The highest BCUT2D eigenvalue weighted by Crippen LogP contribution is 2.18. The van der Waals surface area contributed by atoms with Crippen molar-refractivity contribution in [2.75, 3.05) is 7.11 Å². The quantitative estimate of drug-likeness (QED) is 0.345. The molecule has 0 spiro atoms. The van der Waals surface area contributed by atoms with E-state index in [4.69, 9.17) is 14.6 Å². The smallest absolute Gasteiger partial charge is 0.410 e. The van der Waals surface area contributed by atoms with Crippen molar-refractivity contribution in [3.05, 3.63) is 0 Å². The van der Waals surface area contributed by atoms with Crippen LogP contribution >= 0.6 is 0 Å². The Bertz CT molecular complexity index is 577. The predicted octanol–water partition coefficient (Wildman–Crippen LogP) is 1.18. The Morgan fingerprint density at radius 1 is 0.926 bits per heavy atom. The molecule has 0 rings (SSSR count). The van der Waals surface area contributed by atoms with E-state index in [1.54, 1.807) is 26.1 Å². The number of aliphatic carboxylic acids is 1. The van der Waals surface area contributed by atoms with Crippen molar-refractivity contribution in [3.8, 4) is 0 Å². The number of carbonyl (C=O) groups excluding carboxylic acids is 3. The van der Waals surface area contributed by atoms with Gasteiger partial charge in [-0.05, 0) is 41.5 Å². The number of hydrogen-bond acceptors (Lipinski definition) is 7. The summed E-state index contributed by atoms with van der Waals surface area (Å²) in [5.74, 6) is -3.03. The number of alkyl carbamates (subject to hydrolysis) is 2. The number of methoxy groups -OCH3 is 1. The molecular formula is C16H27N2O9. The number of carbonyl (C=O) groups is 4. The molecule has 11 nitrogen and oxygen atoms in total. The van der Waals surface area contributed by atoms with Crippen LogP contribution in [-0.4, -0.2) is 59.3 Å². The van der Waals surface area contributed by atoms with Crippen LogP contribution in [0, 0.1) is 0 Å². The average Bonchev–Trinajstić information content (AvgIpc) is 2.40. The number of amides is 2. The molecule has 0 bridgehead atoms. The molecule has 2 amide bonds. The van der Waals surface area contributed by atoms with Gasteiger partial charge in [-0.15, -0.1) is 0 Å². The predicted molar refractivity (Wildman–Crippen MR) is 90.2 cm³/mol. The monoisotopic (exact) mass is 391 g/mol. The van der Waals surface area contributed by atoms with Crippen molar-refractivity contribution in [2.24, 2.45) is 0 Å². The van der Waals surface area contributed by atoms with Gasteiger partial charge in [0.15, 0.2) is 0 Å². The summed E-state index contributed by atoms with van der Waals surface area (Å²) in [6, 6.07) is -1.93. The van der Waals surface area contributed by atoms with Gasteiger partial charge in [0.25, 0.3) is 5.72 Å². The van der Waals surface area contributed by atoms with Crippen molar-refractivity contribution in [2.45, 2.75) is 70.9 Å². The molecule has 0 aliphatic heterocycles. The SMILES string of the molecule is COC(=O)C([O])(NC(=O)OC(C)(C)C)C(CC(=O)O)NC(=O)OC(C)(C)C. The largest absolute Gasteiger partial charge is 0.481 e. The first kappa shape index (κ1) is 24.4. The molecule has 0 aliphatic carbocycles. The summed E-state index contributed by atoms with van der Waals surface area (Å²) in [7, 11) is 0.872. The minimum atomic E-state index is -3.17. The Morgan fingerprint density at radius 2 is 1.37 bits per heavy atom. The molecule has 2 unspecified atom stereocenters. The Balaban J connectivity index is 5.73. The Kier molecular flexibility index (Phi) is 8.05. The van der Waals surface area contributed by atoms with E-state index in [1.165, 1.54) is 20.8 Å². The minimum Gasteiger partial charge on any atom is -0.481 e. The highest BCUT2D eigenvalue weighted by atomic mass is 16.6. The highest BCUT2D eigenvalue weighted by molar-refractivity contribution is 5.86. The van der Waals surface area contributed by atoms with Crippen LogP contribution in [0.15, 0.2) is 0 Å². The average molecular weight is 391 g/mol. The van der Waals surface area contributed by atoms with Crippen molar-refractivity contribution in [1.82, 2.24) is 10.6 Å². The molecule has 0 fully saturated rings. The Morgan fingerprint density at radius 3 is 1.74 bits per heavy atom. The highest BCUT2D eigenvalue weighted by Gasteiger charge is 2.52. The molecule has 0 saturated heterocycles. The van der Waals surface area contributed by atoms with Gasteiger partial charge in [0.2, 0.25) is 0 Å². The van der Waals surface area contributed by atoms with E-state index in [-0.39, 0.29) is 0 Å². The first-order valence-corrected chi connectivity index (χ1v) is 8.01. The zero-order chi connectivity index (χ0) is 21.6. The van der Waals surface area contributed by atoms with Crippen LogP contribution in [0.25, 0.3) is 0 Å². The standard InChI is InChI=1S/C16H27N2O9/c1-14(2,3)26-12(22)17-9(8-10(19)20)16(24,11(21)25-7)18-13(23)27-15(4,5)6/h9H,8H2,1-7H3,(H,17,22)(H,18,23)(H,19,20). The van der Waals surface area contributed by atoms with Crippen molar-refractivity contribution >= 4 is 24.1 Å². The molecule has 0 aliphatic rings. The van der Waals surface area contributed by atoms with Gasteiger partial charge in [-0.2, -0.15) is 5.11 Å².